The summed E-state index contributed by atoms with van der Waals surface area (Å²) >= 11 is 0. The highest BCUT2D eigenvalue weighted by molar-refractivity contribution is 7.72. The van der Waals surface area contributed by atoms with Crippen molar-refractivity contribution in [2.45, 2.75) is 263 Å². The van der Waals surface area contributed by atoms with E-state index in [1.165, 1.54) is 116 Å². The van der Waals surface area contributed by atoms with Crippen molar-refractivity contribution in [3.8, 4) is 0 Å². The second-order valence-electron chi connectivity index (χ2n) is 19.7. The normalized spacial score (nSPS) is 13.5. The number of allylic oxidation sites excluding steroid dienone is 2. The van der Waals surface area contributed by atoms with Gasteiger partial charge in [-0.3, -0.25) is 37.4 Å². The molecule has 0 aromatic heterocycles. The average Bonchev–Trinajstić information content (AvgIpc) is 3.34. The molecule has 0 saturated carbocycles. The number of unbranched alkanes of at least 4 members (excludes halogenated alkanes) is 27. The zero-order valence-corrected chi connectivity index (χ0v) is 48.1. The fourth-order valence-electron chi connectivity index (χ4n) is 8.11. The maximum Gasteiger partial charge on any atom is 0.472 e. The molecular formula is C52H101N2O17P3. The van der Waals surface area contributed by atoms with E-state index in [0.29, 0.717) is 44.9 Å². The molecule has 1 unspecified atom stereocenters. The van der Waals surface area contributed by atoms with Crippen molar-refractivity contribution in [1.82, 2.24) is 10.6 Å². The van der Waals surface area contributed by atoms with Crippen LogP contribution in [0.2, 0.25) is 0 Å². The highest BCUT2D eigenvalue weighted by Crippen LogP contribution is 2.69. The van der Waals surface area contributed by atoms with E-state index in [0.717, 1.165) is 38.5 Å². The van der Waals surface area contributed by atoms with Crippen LogP contribution < -0.4 is 10.6 Å². The second kappa shape index (κ2) is 46.0. The molecule has 2 amide bonds. The quantitative estimate of drug-likeness (QED) is 0.0121. The topological polar surface area (TPSA) is 302 Å². The Morgan fingerprint density at radius 1 is 0.473 bits per heavy atom. The highest BCUT2D eigenvalue weighted by Gasteiger charge is 2.58. The highest BCUT2D eigenvalue weighted by atomic mass is 31.2. The van der Waals surface area contributed by atoms with Crippen molar-refractivity contribution in [2.24, 2.45) is 0 Å². The number of hydrogen-bond acceptors (Lipinski definition) is 12. The predicted molar refractivity (Wildman–Crippen MR) is 289 cm³/mol. The van der Waals surface area contributed by atoms with Crippen LogP contribution in [0.1, 0.15) is 251 Å². The van der Waals surface area contributed by atoms with Crippen molar-refractivity contribution in [1.29, 1.82) is 0 Å². The monoisotopic (exact) mass is 1120 g/mol. The van der Waals surface area contributed by atoms with Gasteiger partial charge in [0.05, 0.1) is 13.2 Å². The first-order valence-corrected chi connectivity index (χ1v) is 33.0. The van der Waals surface area contributed by atoms with Crippen molar-refractivity contribution in [3.05, 3.63) is 12.2 Å². The van der Waals surface area contributed by atoms with Gasteiger partial charge >= 0.3 is 35.0 Å². The average molecular weight is 1120 g/mol. The molecule has 0 fully saturated rings. The Morgan fingerprint density at radius 2 is 0.865 bits per heavy atom. The number of phosphoric acid groups is 1. The van der Waals surface area contributed by atoms with Crippen molar-refractivity contribution in [3.63, 3.8) is 0 Å². The Bertz CT molecular complexity index is 1600. The first-order chi connectivity index (χ1) is 35.3. The number of carbonyl (C=O) groups excluding carboxylic acids is 4. The minimum Gasteiger partial charge on any atom is -0.462 e. The fourth-order valence-corrected chi connectivity index (χ4v) is 11.1. The lowest BCUT2D eigenvalue weighted by Gasteiger charge is -2.29. The fraction of sp³-hybridized carbons (Fsp3) is 0.885. The van der Waals surface area contributed by atoms with Gasteiger partial charge in [0.15, 0.2) is 6.10 Å². The van der Waals surface area contributed by atoms with Gasteiger partial charge in [-0.1, -0.05) is 180 Å². The van der Waals surface area contributed by atoms with E-state index in [1.54, 1.807) is 0 Å². The lowest BCUT2D eigenvalue weighted by Crippen LogP contribution is -2.31. The van der Waals surface area contributed by atoms with E-state index in [2.05, 4.69) is 24.5 Å². The Labute approximate surface area is 444 Å². The van der Waals surface area contributed by atoms with Gasteiger partial charge in [-0.05, 0) is 51.4 Å². The molecule has 0 aliphatic rings. The van der Waals surface area contributed by atoms with E-state index in [9.17, 15) is 62.4 Å². The van der Waals surface area contributed by atoms with E-state index in [-0.39, 0.29) is 70.2 Å². The molecule has 22 heteroatoms. The van der Waals surface area contributed by atoms with Crippen LogP contribution in [-0.2, 0) is 51.4 Å². The van der Waals surface area contributed by atoms with Gasteiger partial charge < -0.3 is 49.7 Å². The zero-order chi connectivity index (χ0) is 55.2. The van der Waals surface area contributed by atoms with Gasteiger partial charge in [-0.2, -0.15) is 0 Å². The molecule has 0 spiro atoms. The number of esters is 2. The lowest BCUT2D eigenvalue weighted by atomic mass is 10.0. The third-order valence-corrected chi connectivity index (χ3v) is 17.6. The van der Waals surface area contributed by atoms with Crippen LogP contribution in [0.25, 0.3) is 0 Å². The molecular weight excluding hydrogens is 1020 g/mol. The molecule has 0 bridgehead atoms. The molecule has 0 radical (unpaired) electrons. The van der Waals surface area contributed by atoms with Crippen LogP contribution >= 0.6 is 23.0 Å². The van der Waals surface area contributed by atoms with Gasteiger partial charge in [0, 0.05) is 45.2 Å². The predicted octanol–water partition coefficient (Wildman–Crippen LogP) is 11.8. The number of phosphoric ester groups is 1. The number of rotatable bonds is 53. The zero-order valence-electron chi connectivity index (χ0n) is 45.4. The third kappa shape index (κ3) is 42.1. The lowest BCUT2D eigenvalue weighted by molar-refractivity contribution is -0.161. The van der Waals surface area contributed by atoms with Crippen LogP contribution in [0, 0.1) is 0 Å². The molecule has 436 valence electrons. The van der Waals surface area contributed by atoms with Crippen molar-refractivity contribution < 1.29 is 81.0 Å². The molecule has 0 heterocycles. The largest absolute Gasteiger partial charge is 0.472 e. The summed E-state index contributed by atoms with van der Waals surface area (Å²) in [5.74, 6) is -1.60. The minimum atomic E-state index is -5.54. The summed E-state index contributed by atoms with van der Waals surface area (Å²) in [4.78, 5) is 96.8. The second-order valence-corrected chi connectivity index (χ2v) is 25.1. The summed E-state index contributed by atoms with van der Waals surface area (Å²) in [6.07, 6.45) is 35.9. The summed E-state index contributed by atoms with van der Waals surface area (Å²) in [5.41, 5.74) is 0. The third-order valence-electron chi connectivity index (χ3n) is 12.7. The summed E-state index contributed by atoms with van der Waals surface area (Å²) < 4.78 is 56.7. The van der Waals surface area contributed by atoms with Crippen LogP contribution in [0.4, 0.5) is 0 Å². The van der Waals surface area contributed by atoms with E-state index < -0.39 is 59.2 Å². The van der Waals surface area contributed by atoms with Crippen LogP contribution in [0.3, 0.4) is 0 Å². The SMILES string of the molecule is CCCCCCCCCCCCCCCC(=O)OC[C@@H](COP(=O)(O)OCCNC(=O)CCC/C=C/CCCCC(=O)NCCCC(O)(P(=O)(O)O)P(=O)(O)O)OC(=O)CCCCCCCCCCCCCCC. The molecule has 0 aliphatic carbocycles. The Kier molecular flexibility index (Phi) is 44.7. The number of amides is 2. The molecule has 0 aliphatic heterocycles. The molecule has 19 nitrogen and oxygen atoms in total. The van der Waals surface area contributed by atoms with Crippen molar-refractivity contribution >= 4 is 46.8 Å². The summed E-state index contributed by atoms with van der Waals surface area (Å²) in [6, 6.07) is 0. The first kappa shape index (κ1) is 72.0. The van der Waals surface area contributed by atoms with E-state index in [1.807, 2.05) is 12.2 Å². The molecule has 0 aromatic rings. The number of carbonyl (C=O) groups is 4. The van der Waals surface area contributed by atoms with Gasteiger partial charge in [0.1, 0.15) is 6.61 Å². The smallest absolute Gasteiger partial charge is 0.462 e. The minimum absolute atomic E-state index is 0.0620. The van der Waals surface area contributed by atoms with Gasteiger partial charge in [0.25, 0.3) is 5.08 Å². The number of aliphatic hydroxyl groups is 1. The van der Waals surface area contributed by atoms with E-state index >= 15 is 0 Å². The molecule has 74 heavy (non-hydrogen) atoms. The number of ether oxygens (including phenoxy) is 2. The molecule has 0 aromatic carbocycles. The Morgan fingerprint density at radius 3 is 1.32 bits per heavy atom. The molecule has 2 atom stereocenters. The van der Waals surface area contributed by atoms with Crippen LogP contribution in [0.5, 0.6) is 0 Å². The summed E-state index contributed by atoms with van der Waals surface area (Å²) in [5, 5.41) is 11.5. The first-order valence-electron chi connectivity index (χ1n) is 28.3. The maximum atomic E-state index is 12.8. The van der Waals surface area contributed by atoms with Crippen molar-refractivity contribution in [2.75, 3.05) is 32.9 Å². The summed E-state index contributed by atoms with van der Waals surface area (Å²) in [6.45, 7) is 3.06. The molecule has 0 rings (SSSR count). The number of hydrogen-bond donors (Lipinski definition) is 8. The van der Waals surface area contributed by atoms with Crippen LogP contribution in [-0.4, -0.2) is 97.4 Å². The standard InChI is InChI=1S/C52H101N2O17P3/c1-3-5-7-9-11-13-15-17-19-21-26-30-34-39-50(57)68-45-47(71-51(58)40-35-31-27-22-20-18-16-14-12-10-8-6-4-2)46-70-74(66,67)69-44-43-54-49(56)38-33-29-25-23-24-28-32-37-48(55)53-42-36-41-52(59,72(60,61)62)73(63,64)65/h23,25,47,59H,3-22,24,26-46H2,1-2H3,(H,53,55)(H,54,56)(H,66,67)(H2,60,61,62)(H2,63,64,65)/b25-23+/t47-/m0/s1. The number of nitrogens with one attached hydrogen (secondary N) is 2. The maximum absolute atomic E-state index is 12.8. The van der Waals surface area contributed by atoms with E-state index in [4.69, 9.17) is 18.5 Å². The molecule has 8 N–H and O–H groups in total. The molecule has 0 saturated heterocycles. The van der Waals surface area contributed by atoms with Gasteiger partial charge in [0.2, 0.25) is 11.8 Å². The van der Waals surface area contributed by atoms with Gasteiger partial charge in [-0.15, -0.1) is 0 Å². The summed E-state index contributed by atoms with van der Waals surface area (Å²) in [7, 11) is -15.7. The Balaban J connectivity index is 4.56. The van der Waals surface area contributed by atoms with Crippen LogP contribution in [0.15, 0.2) is 12.2 Å². The Hall–Kier alpha value is -2.01. The van der Waals surface area contributed by atoms with Gasteiger partial charge in [-0.25, -0.2) is 4.57 Å².